The number of benzene rings is 1. The van der Waals surface area contributed by atoms with E-state index in [1.807, 2.05) is 25.1 Å². The molecule has 61 heavy (non-hydrogen) atoms. The molecule has 1 aliphatic carbocycles. The van der Waals surface area contributed by atoms with Crippen LogP contribution < -0.4 is 20.4 Å². The SMILES string of the molecule is Cc1cccnc1N(C(=O)c1ccc(C2=NOC(C)(c3cnc(N(C(=O)c4ccc(C5=NOC(C)(C)C5=O)cc4)[C@@H]4CCCNC4)c(C4CC4)c3)C2=O)cn1)[C@@H]1CCCNC1. The molecule has 5 aliphatic rings. The van der Waals surface area contributed by atoms with Gasteiger partial charge in [-0.15, -0.1) is 0 Å². The summed E-state index contributed by atoms with van der Waals surface area (Å²) in [6.07, 6.45) is 10.1. The largest absolute Gasteiger partial charge is 0.381 e. The van der Waals surface area contributed by atoms with Crippen LogP contribution in [0.15, 0.2) is 83.5 Å². The van der Waals surface area contributed by atoms with Gasteiger partial charge in [0.15, 0.2) is 17.0 Å². The number of oxime groups is 2. The molecule has 0 bridgehead atoms. The molecule has 15 nitrogen and oxygen atoms in total. The summed E-state index contributed by atoms with van der Waals surface area (Å²) >= 11 is 0. The van der Waals surface area contributed by atoms with Crippen LogP contribution in [0.25, 0.3) is 0 Å². The highest BCUT2D eigenvalue weighted by Gasteiger charge is 2.48. The van der Waals surface area contributed by atoms with E-state index in [4.69, 9.17) is 14.7 Å². The van der Waals surface area contributed by atoms with E-state index in [2.05, 4.69) is 30.9 Å². The summed E-state index contributed by atoms with van der Waals surface area (Å²) in [4.78, 5) is 84.7. The average molecular weight is 824 g/mol. The molecular weight excluding hydrogens is 775 g/mol. The first-order chi connectivity index (χ1) is 29.4. The number of nitrogens with zero attached hydrogens (tertiary/aromatic N) is 7. The third-order valence-electron chi connectivity index (χ3n) is 12.4. The van der Waals surface area contributed by atoms with Crippen molar-refractivity contribution in [2.45, 2.75) is 95.4 Å². The predicted molar refractivity (Wildman–Crippen MR) is 228 cm³/mol. The average Bonchev–Trinajstić information content (AvgIpc) is 4.04. The Morgan fingerprint density at radius 1 is 0.721 bits per heavy atom. The highest BCUT2D eigenvalue weighted by Crippen LogP contribution is 2.46. The number of Topliss-reactive ketones (excluding diaryl/α,β-unsaturated/α-hetero) is 2. The number of rotatable bonds is 10. The number of ketones is 2. The molecule has 2 saturated heterocycles. The lowest BCUT2D eigenvalue weighted by Crippen LogP contribution is -2.49. The lowest BCUT2D eigenvalue weighted by atomic mass is 9.87. The molecule has 1 saturated carbocycles. The Kier molecular flexibility index (Phi) is 10.6. The van der Waals surface area contributed by atoms with Crippen LogP contribution in [0.5, 0.6) is 0 Å². The van der Waals surface area contributed by atoms with Crippen LogP contribution in [0.4, 0.5) is 11.6 Å². The normalized spacial score (nSPS) is 23.4. The lowest BCUT2D eigenvalue weighted by molar-refractivity contribution is -0.131. The molecule has 4 aromatic rings. The first kappa shape index (κ1) is 40.2. The van der Waals surface area contributed by atoms with E-state index >= 15 is 0 Å². The Labute approximate surface area is 354 Å². The smallest absolute Gasteiger partial charge is 0.278 e. The van der Waals surface area contributed by atoms with E-state index in [9.17, 15) is 19.2 Å². The molecule has 3 atom stereocenters. The molecule has 7 heterocycles. The molecule has 1 unspecified atom stereocenters. The quantitative estimate of drug-likeness (QED) is 0.216. The first-order valence-corrected chi connectivity index (χ1v) is 21.1. The van der Waals surface area contributed by atoms with Gasteiger partial charge in [0.2, 0.25) is 17.2 Å². The molecule has 314 valence electrons. The van der Waals surface area contributed by atoms with E-state index in [-0.39, 0.29) is 58.5 Å². The molecule has 9 rings (SSSR count). The van der Waals surface area contributed by atoms with Crippen molar-refractivity contribution >= 4 is 46.4 Å². The van der Waals surface area contributed by atoms with Crippen LogP contribution in [0.1, 0.15) is 114 Å². The summed E-state index contributed by atoms with van der Waals surface area (Å²) in [5.74, 6) is 0.230. The van der Waals surface area contributed by atoms with Gasteiger partial charge in [-0.2, -0.15) is 0 Å². The minimum absolute atomic E-state index is 0.0862. The Morgan fingerprint density at radius 3 is 1.97 bits per heavy atom. The Bertz CT molecular complexity index is 2450. The van der Waals surface area contributed by atoms with Crippen LogP contribution in [0.3, 0.4) is 0 Å². The number of piperidine rings is 2. The van der Waals surface area contributed by atoms with Gasteiger partial charge in [0.05, 0.1) is 12.1 Å². The molecule has 4 aliphatic heterocycles. The molecular formula is C46H49N9O6. The van der Waals surface area contributed by atoms with Crippen molar-refractivity contribution in [2.75, 3.05) is 36.0 Å². The maximum absolute atomic E-state index is 14.6. The van der Waals surface area contributed by atoms with Gasteiger partial charge in [-0.05, 0) is 133 Å². The van der Waals surface area contributed by atoms with Gasteiger partial charge >= 0.3 is 0 Å². The zero-order valence-corrected chi connectivity index (χ0v) is 34.8. The summed E-state index contributed by atoms with van der Waals surface area (Å²) in [5.41, 5.74) is 1.74. The summed E-state index contributed by atoms with van der Waals surface area (Å²) in [5, 5.41) is 15.1. The van der Waals surface area contributed by atoms with Crippen molar-refractivity contribution in [3.63, 3.8) is 0 Å². The minimum atomic E-state index is -1.49. The maximum atomic E-state index is 14.6. The highest BCUT2D eigenvalue weighted by atomic mass is 16.7. The predicted octanol–water partition coefficient (Wildman–Crippen LogP) is 5.16. The van der Waals surface area contributed by atoms with Gasteiger partial charge in [-0.25, -0.2) is 9.97 Å². The Balaban J connectivity index is 0.971. The van der Waals surface area contributed by atoms with Gasteiger partial charge in [0.25, 0.3) is 11.8 Å². The fourth-order valence-corrected chi connectivity index (χ4v) is 8.56. The molecule has 0 spiro atoms. The maximum Gasteiger partial charge on any atom is 0.278 e. The fourth-order valence-electron chi connectivity index (χ4n) is 8.56. The lowest BCUT2D eigenvalue weighted by Gasteiger charge is -2.35. The van der Waals surface area contributed by atoms with Gasteiger partial charge in [0.1, 0.15) is 17.3 Å². The van der Waals surface area contributed by atoms with Crippen molar-refractivity contribution in [2.24, 2.45) is 10.3 Å². The molecule has 3 aromatic heterocycles. The number of carbonyl (C=O) groups excluding carboxylic acids is 4. The number of amides is 2. The van der Waals surface area contributed by atoms with E-state index in [0.29, 0.717) is 47.0 Å². The van der Waals surface area contributed by atoms with E-state index in [1.54, 1.807) is 79.4 Å². The van der Waals surface area contributed by atoms with Gasteiger partial charge in [-0.3, -0.25) is 34.0 Å². The second-order valence-corrected chi connectivity index (χ2v) is 17.2. The summed E-state index contributed by atoms with van der Waals surface area (Å²) < 4.78 is 0. The van der Waals surface area contributed by atoms with Gasteiger partial charge in [0, 0.05) is 53.9 Å². The number of aryl methyl sites for hydroxylation is 1. The molecule has 3 fully saturated rings. The number of carbonyl (C=O) groups is 4. The Morgan fingerprint density at radius 2 is 1.38 bits per heavy atom. The third kappa shape index (κ3) is 7.50. The number of anilines is 2. The molecule has 1 aromatic carbocycles. The third-order valence-corrected chi connectivity index (χ3v) is 12.4. The monoisotopic (exact) mass is 823 g/mol. The van der Waals surface area contributed by atoms with Gasteiger partial charge in [-0.1, -0.05) is 28.5 Å². The van der Waals surface area contributed by atoms with Crippen molar-refractivity contribution in [1.82, 2.24) is 25.6 Å². The van der Waals surface area contributed by atoms with Gasteiger partial charge < -0.3 is 20.3 Å². The van der Waals surface area contributed by atoms with Crippen LogP contribution in [0, 0.1) is 6.92 Å². The van der Waals surface area contributed by atoms with Crippen molar-refractivity contribution in [1.29, 1.82) is 0 Å². The number of pyridine rings is 3. The molecule has 2 amide bonds. The summed E-state index contributed by atoms with van der Waals surface area (Å²) in [7, 11) is 0. The Hall–Kier alpha value is -6.19. The molecule has 0 radical (unpaired) electrons. The van der Waals surface area contributed by atoms with Crippen molar-refractivity contribution in [3.05, 3.63) is 112 Å². The van der Waals surface area contributed by atoms with E-state index in [0.717, 1.165) is 62.7 Å². The first-order valence-electron chi connectivity index (χ1n) is 21.1. The number of aromatic nitrogens is 3. The second-order valence-electron chi connectivity index (χ2n) is 17.2. The van der Waals surface area contributed by atoms with Crippen LogP contribution in [0.2, 0.25) is 0 Å². The number of hydrogen-bond acceptors (Lipinski definition) is 13. The zero-order chi connectivity index (χ0) is 42.5. The van der Waals surface area contributed by atoms with E-state index in [1.165, 1.54) is 6.20 Å². The van der Waals surface area contributed by atoms with Crippen LogP contribution >= 0.6 is 0 Å². The van der Waals surface area contributed by atoms with E-state index < -0.39 is 11.2 Å². The number of hydrogen-bond donors (Lipinski definition) is 2. The topological polar surface area (TPSA) is 181 Å². The minimum Gasteiger partial charge on any atom is -0.381 e. The second kappa shape index (κ2) is 16.0. The zero-order valence-electron chi connectivity index (χ0n) is 34.8. The van der Waals surface area contributed by atoms with Crippen molar-refractivity contribution < 1.29 is 28.9 Å². The van der Waals surface area contributed by atoms with Crippen LogP contribution in [-0.4, -0.2) is 93.6 Å². The summed E-state index contributed by atoms with van der Waals surface area (Å²) in [6.45, 7) is 9.97. The standard InChI is InChI=1S/C46H49N9O6/c1-27-8-5-21-49-41(27)54(33-9-6-19-47-25-33)44(59)36-18-17-31(23-50-36)38-40(57)46(4,61-53-38)32-22-35(28-11-12-28)42(51-24-32)55(34-10-7-20-48-26-34)43(58)30-15-13-29(14-16-30)37-39(56)45(2,3)60-52-37/h5,8,13-18,21-24,28,33-34,47-48H,6-7,9-12,19-20,25-26H2,1-4H3/t33-,34-,46?/m1/s1. The molecule has 15 heteroatoms. The summed E-state index contributed by atoms with van der Waals surface area (Å²) in [6, 6.07) is 15.6. The number of nitrogens with one attached hydrogen (secondary N) is 2. The van der Waals surface area contributed by atoms with Crippen molar-refractivity contribution in [3.8, 4) is 0 Å². The van der Waals surface area contributed by atoms with Crippen LogP contribution in [-0.2, 0) is 24.9 Å². The highest BCUT2D eigenvalue weighted by molar-refractivity contribution is 6.50. The fraction of sp³-hybridized carbons (Fsp3) is 0.413. The molecule has 2 N–H and O–H groups in total.